The number of rotatable bonds is 10. The second-order valence-corrected chi connectivity index (χ2v) is 8.55. The van der Waals surface area contributed by atoms with E-state index in [1.165, 1.54) is 16.7 Å². The number of sulfonamides is 1. The SMILES string of the molecule is CCc1cccc(CC(C)c2ccc(OCCCNS(C)(=O)=O)cc2)c1. The molecule has 0 saturated heterocycles. The molecule has 0 aliphatic rings. The predicted molar refractivity (Wildman–Crippen MR) is 107 cm³/mol. The summed E-state index contributed by atoms with van der Waals surface area (Å²) in [5.74, 6) is 1.25. The van der Waals surface area contributed by atoms with Crippen LogP contribution in [0.25, 0.3) is 0 Å². The summed E-state index contributed by atoms with van der Waals surface area (Å²) in [6.45, 7) is 5.30. The van der Waals surface area contributed by atoms with E-state index >= 15 is 0 Å². The molecule has 2 rings (SSSR count). The van der Waals surface area contributed by atoms with Crippen molar-refractivity contribution in [2.45, 2.75) is 39.0 Å². The van der Waals surface area contributed by atoms with Crippen molar-refractivity contribution in [3.05, 3.63) is 65.2 Å². The van der Waals surface area contributed by atoms with Crippen molar-refractivity contribution in [2.24, 2.45) is 0 Å². The largest absolute Gasteiger partial charge is 0.494 e. The lowest BCUT2D eigenvalue weighted by Gasteiger charge is -2.14. The molecule has 0 spiro atoms. The Morgan fingerprint density at radius 3 is 2.42 bits per heavy atom. The predicted octanol–water partition coefficient (Wildman–Crippen LogP) is 3.91. The molecule has 0 amide bonds. The Hall–Kier alpha value is -1.85. The van der Waals surface area contributed by atoms with Crippen molar-refractivity contribution in [2.75, 3.05) is 19.4 Å². The lowest BCUT2D eigenvalue weighted by molar-refractivity contribution is 0.311. The highest BCUT2D eigenvalue weighted by Crippen LogP contribution is 2.23. The Balaban J connectivity index is 1.82. The number of ether oxygens (including phenoxy) is 1. The third-order valence-electron chi connectivity index (χ3n) is 4.34. The first-order chi connectivity index (χ1) is 12.4. The Morgan fingerprint density at radius 2 is 1.77 bits per heavy atom. The summed E-state index contributed by atoms with van der Waals surface area (Å²) in [7, 11) is -3.12. The van der Waals surface area contributed by atoms with Crippen LogP contribution >= 0.6 is 0 Å². The number of nitrogens with one attached hydrogen (secondary N) is 1. The maximum absolute atomic E-state index is 11.0. The first kappa shape index (κ1) is 20.5. The molecule has 0 aliphatic carbocycles. The molecule has 2 aromatic rings. The zero-order valence-electron chi connectivity index (χ0n) is 15.9. The summed E-state index contributed by atoms with van der Waals surface area (Å²) in [6.07, 6.45) is 3.88. The van der Waals surface area contributed by atoms with Crippen LogP contribution in [0, 0.1) is 0 Å². The van der Waals surface area contributed by atoms with Gasteiger partial charge in [0.05, 0.1) is 12.9 Å². The van der Waals surface area contributed by atoms with Gasteiger partial charge in [0.25, 0.3) is 0 Å². The van der Waals surface area contributed by atoms with Crippen molar-refractivity contribution < 1.29 is 13.2 Å². The second-order valence-electron chi connectivity index (χ2n) is 6.72. The van der Waals surface area contributed by atoms with Gasteiger partial charge in [-0.3, -0.25) is 0 Å². The third-order valence-corrected chi connectivity index (χ3v) is 5.07. The van der Waals surface area contributed by atoms with Crippen LogP contribution in [-0.4, -0.2) is 27.8 Å². The van der Waals surface area contributed by atoms with Crippen molar-refractivity contribution in [1.29, 1.82) is 0 Å². The quantitative estimate of drug-likeness (QED) is 0.641. The van der Waals surface area contributed by atoms with Gasteiger partial charge in [0.15, 0.2) is 0 Å². The van der Waals surface area contributed by atoms with E-state index < -0.39 is 10.0 Å². The lowest BCUT2D eigenvalue weighted by Crippen LogP contribution is -2.24. The maximum atomic E-state index is 11.0. The van der Waals surface area contributed by atoms with E-state index in [0.29, 0.717) is 25.5 Å². The van der Waals surface area contributed by atoms with Gasteiger partial charge in [0.2, 0.25) is 10.0 Å². The molecule has 1 atom stereocenters. The summed E-state index contributed by atoms with van der Waals surface area (Å²) >= 11 is 0. The highest BCUT2D eigenvalue weighted by Gasteiger charge is 2.08. The molecule has 0 fully saturated rings. The molecule has 1 N–H and O–H groups in total. The van der Waals surface area contributed by atoms with E-state index in [1.807, 2.05) is 12.1 Å². The van der Waals surface area contributed by atoms with E-state index in [4.69, 9.17) is 4.74 Å². The first-order valence-electron chi connectivity index (χ1n) is 9.12. The molecule has 5 heteroatoms. The van der Waals surface area contributed by atoms with Gasteiger partial charge in [-0.2, -0.15) is 0 Å². The molecule has 0 radical (unpaired) electrons. The molecule has 0 heterocycles. The zero-order chi connectivity index (χ0) is 19.0. The molecule has 142 valence electrons. The minimum absolute atomic E-state index is 0.394. The van der Waals surface area contributed by atoms with Crippen LogP contribution < -0.4 is 9.46 Å². The van der Waals surface area contributed by atoms with Crippen LogP contribution in [0.4, 0.5) is 0 Å². The Kier molecular flexibility index (Phi) is 7.66. The van der Waals surface area contributed by atoms with Gasteiger partial charge in [-0.15, -0.1) is 0 Å². The van der Waals surface area contributed by atoms with Gasteiger partial charge in [-0.1, -0.05) is 50.2 Å². The highest BCUT2D eigenvalue weighted by atomic mass is 32.2. The minimum Gasteiger partial charge on any atom is -0.494 e. The van der Waals surface area contributed by atoms with Gasteiger partial charge in [0.1, 0.15) is 5.75 Å². The van der Waals surface area contributed by atoms with E-state index in [9.17, 15) is 8.42 Å². The Labute approximate surface area is 157 Å². The molecule has 0 bridgehead atoms. The monoisotopic (exact) mass is 375 g/mol. The zero-order valence-corrected chi connectivity index (χ0v) is 16.7. The van der Waals surface area contributed by atoms with E-state index in [2.05, 4.69) is 55.0 Å². The Bertz CT molecular complexity index is 785. The number of benzene rings is 2. The number of aryl methyl sites for hydroxylation is 1. The number of hydrogen-bond acceptors (Lipinski definition) is 3. The summed E-state index contributed by atoms with van der Waals surface area (Å²) in [4.78, 5) is 0. The molecular formula is C21H29NO3S. The first-order valence-corrected chi connectivity index (χ1v) is 11.0. The topological polar surface area (TPSA) is 55.4 Å². The fraction of sp³-hybridized carbons (Fsp3) is 0.429. The fourth-order valence-corrected chi connectivity index (χ4v) is 3.38. The van der Waals surface area contributed by atoms with Crippen molar-refractivity contribution in [3.8, 4) is 5.75 Å². The van der Waals surface area contributed by atoms with Crippen LogP contribution in [0.15, 0.2) is 48.5 Å². The smallest absolute Gasteiger partial charge is 0.208 e. The highest BCUT2D eigenvalue weighted by molar-refractivity contribution is 7.88. The van der Waals surface area contributed by atoms with Crippen LogP contribution in [0.1, 0.15) is 42.9 Å². The van der Waals surface area contributed by atoms with E-state index in [0.717, 1.165) is 24.8 Å². The average Bonchev–Trinajstić information content (AvgIpc) is 2.61. The molecule has 0 aliphatic heterocycles. The summed E-state index contributed by atoms with van der Waals surface area (Å²) in [5, 5.41) is 0. The van der Waals surface area contributed by atoms with Gasteiger partial charge in [-0.25, -0.2) is 13.1 Å². The van der Waals surface area contributed by atoms with E-state index in [-0.39, 0.29) is 0 Å². The van der Waals surface area contributed by atoms with Gasteiger partial charge < -0.3 is 4.74 Å². The van der Waals surface area contributed by atoms with Gasteiger partial charge in [0, 0.05) is 6.54 Å². The van der Waals surface area contributed by atoms with Crippen LogP contribution in [0.3, 0.4) is 0 Å². The van der Waals surface area contributed by atoms with E-state index in [1.54, 1.807) is 0 Å². The van der Waals surface area contributed by atoms with Crippen molar-refractivity contribution in [1.82, 2.24) is 4.72 Å². The fourth-order valence-electron chi connectivity index (χ4n) is 2.86. The molecule has 1 unspecified atom stereocenters. The van der Waals surface area contributed by atoms with Gasteiger partial charge in [-0.05, 0) is 54.0 Å². The summed E-state index contributed by atoms with van der Waals surface area (Å²) in [6, 6.07) is 17.0. The van der Waals surface area contributed by atoms with Crippen molar-refractivity contribution >= 4 is 10.0 Å². The molecular weight excluding hydrogens is 346 g/mol. The molecule has 26 heavy (non-hydrogen) atoms. The van der Waals surface area contributed by atoms with Crippen LogP contribution in [-0.2, 0) is 22.9 Å². The second kappa shape index (κ2) is 9.74. The molecule has 0 aromatic heterocycles. The maximum Gasteiger partial charge on any atom is 0.208 e. The normalized spacial score (nSPS) is 12.7. The lowest BCUT2D eigenvalue weighted by atomic mass is 9.93. The van der Waals surface area contributed by atoms with Gasteiger partial charge >= 0.3 is 0 Å². The summed E-state index contributed by atoms with van der Waals surface area (Å²) in [5.41, 5.74) is 4.04. The molecule has 4 nitrogen and oxygen atoms in total. The standard InChI is InChI=1S/C21H29NO3S/c1-4-18-7-5-8-19(16-18)15-17(2)20-9-11-21(12-10-20)25-14-6-13-22-26(3,23)24/h5,7-12,16-17,22H,4,6,13-15H2,1-3H3. The minimum atomic E-state index is -3.12. The average molecular weight is 376 g/mol. The molecule has 0 saturated carbocycles. The third kappa shape index (κ3) is 7.18. The summed E-state index contributed by atoms with van der Waals surface area (Å²) < 4.78 is 30.1. The van der Waals surface area contributed by atoms with Crippen LogP contribution in [0.2, 0.25) is 0 Å². The molecule has 2 aromatic carbocycles. The Morgan fingerprint density at radius 1 is 1.08 bits per heavy atom. The number of hydrogen-bond donors (Lipinski definition) is 1. The van der Waals surface area contributed by atoms with Crippen LogP contribution in [0.5, 0.6) is 5.75 Å². The van der Waals surface area contributed by atoms with Crippen molar-refractivity contribution in [3.63, 3.8) is 0 Å².